The van der Waals surface area contributed by atoms with Gasteiger partial charge in [-0.15, -0.1) is 0 Å². The quantitative estimate of drug-likeness (QED) is 0.809. The van der Waals surface area contributed by atoms with E-state index in [1.165, 1.54) is 5.56 Å². The van der Waals surface area contributed by atoms with E-state index in [9.17, 15) is 4.79 Å². The fourth-order valence-electron chi connectivity index (χ4n) is 1.46. The van der Waals surface area contributed by atoms with Gasteiger partial charge in [0.2, 0.25) is 0 Å². The second-order valence-electron chi connectivity index (χ2n) is 4.66. The second-order valence-corrected chi connectivity index (χ2v) is 4.66. The van der Waals surface area contributed by atoms with Crippen molar-refractivity contribution in [3.63, 3.8) is 0 Å². The Morgan fingerprint density at radius 1 is 1.28 bits per heavy atom. The predicted molar refractivity (Wildman–Crippen MR) is 70.7 cm³/mol. The molecule has 0 fully saturated rings. The van der Waals surface area contributed by atoms with Crippen LogP contribution in [0.3, 0.4) is 0 Å². The number of benzene rings is 1. The molecule has 0 saturated carbocycles. The first-order valence-electron chi connectivity index (χ1n) is 6.16. The number of rotatable bonds is 6. The Hall–Kier alpha value is -1.55. The van der Waals surface area contributed by atoms with Crippen molar-refractivity contribution in [1.29, 1.82) is 0 Å². The minimum absolute atomic E-state index is 0.0363. The number of hydrogen-bond donors (Lipinski definition) is 2. The molecule has 0 aromatic heterocycles. The van der Waals surface area contributed by atoms with Gasteiger partial charge in [-0.2, -0.15) is 0 Å². The summed E-state index contributed by atoms with van der Waals surface area (Å²) in [5.74, 6) is 0.920. The van der Waals surface area contributed by atoms with Crippen LogP contribution in [0.4, 0.5) is 0 Å². The molecular weight excluding hydrogens is 230 g/mol. The van der Waals surface area contributed by atoms with E-state index in [4.69, 9.17) is 9.84 Å². The zero-order valence-electron chi connectivity index (χ0n) is 11.1. The van der Waals surface area contributed by atoms with E-state index in [1.807, 2.05) is 24.3 Å². The largest absolute Gasteiger partial charge is 0.484 e. The fraction of sp³-hybridized carbons (Fsp3) is 0.500. The summed E-state index contributed by atoms with van der Waals surface area (Å²) in [5.41, 5.74) is 1.24. The number of aliphatic hydroxyl groups is 1. The zero-order chi connectivity index (χ0) is 13.5. The summed E-state index contributed by atoms with van der Waals surface area (Å²) in [6, 6.07) is 7.46. The van der Waals surface area contributed by atoms with Gasteiger partial charge in [-0.05, 0) is 30.5 Å². The zero-order valence-corrected chi connectivity index (χ0v) is 11.1. The van der Waals surface area contributed by atoms with E-state index in [-0.39, 0.29) is 25.2 Å². The molecule has 4 heteroatoms. The number of carbonyl (C=O) groups excluding carboxylic acids is 1. The lowest BCUT2D eigenvalue weighted by Crippen LogP contribution is -2.38. The molecule has 1 amide bonds. The van der Waals surface area contributed by atoms with Crippen LogP contribution in [-0.2, 0) is 4.79 Å². The minimum atomic E-state index is -0.246. The lowest BCUT2D eigenvalue weighted by Gasteiger charge is -2.12. The molecule has 2 N–H and O–H groups in total. The van der Waals surface area contributed by atoms with Crippen LogP contribution >= 0.6 is 0 Å². The van der Waals surface area contributed by atoms with E-state index in [2.05, 4.69) is 19.2 Å². The SMILES string of the molecule is CC(C)c1ccc(OCC(=O)N[C@H](C)CO)cc1. The Labute approximate surface area is 108 Å². The van der Waals surface area contributed by atoms with E-state index in [0.717, 1.165) is 0 Å². The van der Waals surface area contributed by atoms with Gasteiger partial charge in [0.25, 0.3) is 5.91 Å². The number of ether oxygens (including phenoxy) is 1. The maximum atomic E-state index is 11.4. The average molecular weight is 251 g/mol. The van der Waals surface area contributed by atoms with Gasteiger partial charge in [-0.3, -0.25) is 4.79 Å². The molecule has 0 aliphatic carbocycles. The summed E-state index contributed by atoms with van der Waals surface area (Å²) in [5, 5.41) is 11.4. The molecule has 0 spiro atoms. The average Bonchev–Trinajstić information content (AvgIpc) is 2.36. The van der Waals surface area contributed by atoms with Gasteiger partial charge < -0.3 is 15.2 Å². The van der Waals surface area contributed by atoms with E-state index < -0.39 is 0 Å². The molecule has 0 unspecified atom stereocenters. The van der Waals surface area contributed by atoms with Crippen molar-refractivity contribution in [2.24, 2.45) is 0 Å². The van der Waals surface area contributed by atoms with Crippen molar-refractivity contribution in [2.45, 2.75) is 32.7 Å². The third-order valence-electron chi connectivity index (χ3n) is 2.60. The van der Waals surface area contributed by atoms with Crippen molar-refractivity contribution < 1.29 is 14.6 Å². The summed E-state index contributed by atoms with van der Waals surface area (Å²) in [4.78, 5) is 11.4. The van der Waals surface area contributed by atoms with Gasteiger partial charge in [0.05, 0.1) is 6.61 Å². The molecule has 0 aliphatic rings. The van der Waals surface area contributed by atoms with Gasteiger partial charge in [-0.25, -0.2) is 0 Å². The summed E-state index contributed by atoms with van der Waals surface area (Å²) in [6.07, 6.45) is 0. The van der Waals surface area contributed by atoms with Gasteiger partial charge in [0.1, 0.15) is 5.75 Å². The van der Waals surface area contributed by atoms with Crippen LogP contribution < -0.4 is 10.1 Å². The summed E-state index contributed by atoms with van der Waals surface area (Å²) < 4.78 is 5.35. The molecule has 1 aromatic rings. The van der Waals surface area contributed by atoms with Crippen LogP contribution in [-0.4, -0.2) is 30.3 Å². The number of nitrogens with one attached hydrogen (secondary N) is 1. The highest BCUT2D eigenvalue weighted by Crippen LogP contribution is 2.18. The highest BCUT2D eigenvalue weighted by Gasteiger charge is 2.07. The van der Waals surface area contributed by atoms with Crippen LogP contribution in [0.5, 0.6) is 5.75 Å². The molecule has 0 saturated heterocycles. The molecule has 18 heavy (non-hydrogen) atoms. The van der Waals surface area contributed by atoms with Crippen LogP contribution in [0.2, 0.25) is 0 Å². The van der Waals surface area contributed by atoms with Crippen LogP contribution in [0.15, 0.2) is 24.3 Å². The van der Waals surface area contributed by atoms with E-state index in [0.29, 0.717) is 11.7 Å². The predicted octanol–water partition coefficient (Wildman–Crippen LogP) is 1.69. The van der Waals surface area contributed by atoms with Gasteiger partial charge in [0.15, 0.2) is 6.61 Å². The Kier molecular flexibility index (Phi) is 5.65. The van der Waals surface area contributed by atoms with Crippen molar-refractivity contribution in [2.75, 3.05) is 13.2 Å². The van der Waals surface area contributed by atoms with Crippen molar-refractivity contribution in [1.82, 2.24) is 5.32 Å². The standard InChI is InChI=1S/C14H21NO3/c1-10(2)12-4-6-13(7-5-12)18-9-14(17)15-11(3)8-16/h4-7,10-11,16H,8-9H2,1-3H3,(H,15,17)/t11-/m1/s1. The van der Waals surface area contributed by atoms with E-state index in [1.54, 1.807) is 6.92 Å². The molecular formula is C14H21NO3. The topological polar surface area (TPSA) is 58.6 Å². The highest BCUT2D eigenvalue weighted by molar-refractivity contribution is 5.77. The monoisotopic (exact) mass is 251 g/mol. The van der Waals surface area contributed by atoms with E-state index >= 15 is 0 Å². The maximum absolute atomic E-state index is 11.4. The molecule has 0 heterocycles. The number of amides is 1. The molecule has 100 valence electrons. The Morgan fingerprint density at radius 3 is 2.39 bits per heavy atom. The molecule has 0 bridgehead atoms. The second kappa shape index (κ2) is 7.01. The van der Waals surface area contributed by atoms with Gasteiger partial charge in [0, 0.05) is 6.04 Å². The Morgan fingerprint density at radius 2 is 1.89 bits per heavy atom. The number of hydrogen-bond acceptors (Lipinski definition) is 3. The van der Waals surface area contributed by atoms with Crippen molar-refractivity contribution in [3.05, 3.63) is 29.8 Å². The molecule has 1 rings (SSSR count). The van der Waals surface area contributed by atoms with Gasteiger partial charge >= 0.3 is 0 Å². The summed E-state index contributed by atoms with van der Waals surface area (Å²) in [7, 11) is 0. The van der Waals surface area contributed by atoms with Crippen LogP contribution in [0, 0.1) is 0 Å². The van der Waals surface area contributed by atoms with Crippen LogP contribution in [0.1, 0.15) is 32.3 Å². The van der Waals surface area contributed by atoms with Crippen molar-refractivity contribution >= 4 is 5.91 Å². The first kappa shape index (κ1) is 14.5. The minimum Gasteiger partial charge on any atom is -0.484 e. The molecule has 4 nitrogen and oxygen atoms in total. The third-order valence-corrected chi connectivity index (χ3v) is 2.60. The smallest absolute Gasteiger partial charge is 0.258 e. The fourth-order valence-corrected chi connectivity index (χ4v) is 1.46. The normalized spacial score (nSPS) is 12.3. The number of aliphatic hydroxyl groups excluding tert-OH is 1. The molecule has 1 atom stereocenters. The summed E-state index contributed by atoms with van der Waals surface area (Å²) in [6.45, 7) is 5.87. The Balaban J connectivity index is 2.41. The first-order valence-corrected chi connectivity index (χ1v) is 6.16. The lowest BCUT2D eigenvalue weighted by atomic mass is 10.0. The molecule has 0 radical (unpaired) electrons. The Bertz CT molecular complexity index is 373. The molecule has 0 aliphatic heterocycles. The van der Waals surface area contributed by atoms with Gasteiger partial charge in [-0.1, -0.05) is 26.0 Å². The van der Waals surface area contributed by atoms with Crippen molar-refractivity contribution in [3.8, 4) is 5.75 Å². The summed E-state index contributed by atoms with van der Waals surface area (Å²) >= 11 is 0. The first-order chi connectivity index (χ1) is 8.52. The third kappa shape index (κ3) is 4.75. The number of carbonyl (C=O) groups is 1. The maximum Gasteiger partial charge on any atom is 0.258 e. The van der Waals surface area contributed by atoms with Crippen LogP contribution in [0.25, 0.3) is 0 Å². The molecule has 1 aromatic carbocycles. The highest BCUT2D eigenvalue weighted by atomic mass is 16.5. The lowest BCUT2D eigenvalue weighted by molar-refractivity contribution is -0.123.